The van der Waals surface area contributed by atoms with E-state index >= 15 is 0 Å². The normalized spacial score (nSPS) is 12.5. The van der Waals surface area contributed by atoms with Crippen molar-refractivity contribution in [1.82, 2.24) is 23.9 Å². The molecule has 6 nitrogen and oxygen atoms in total. The van der Waals surface area contributed by atoms with Crippen LogP contribution >= 0.6 is 0 Å². The molecule has 0 saturated carbocycles. The lowest BCUT2D eigenvalue weighted by molar-refractivity contribution is 0.671. The fourth-order valence-electron chi connectivity index (χ4n) is 9.62. The zero-order valence-electron chi connectivity index (χ0n) is 34.5. The van der Waals surface area contributed by atoms with Gasteiger partial charge in [0, 0.05) is 60.4 Å². The Labute approximate surface area is 363 Å². The van der Waals surface area contributed by atoms with Gasteiger partial charge in [0.25, 0.3) is 0 Å². The molecule has 0 saturated heterocycles. The van der Waals surface area contributed by atoms with Crippen molar-refractivity contribution in [3.8, 4) is 34.2 Å². The summed E-state index contributed by atoms with van der Waals surface area (Å²) in [5, 5.41) is 16.5. The molecule has 0 radical (unpaired) electrons. The summed E-state index contributed by atoms with van der Waals surface area (Å²) in [4.78, 5) is 0. The maximum Gasteiger partial charge on any atom is 0.169 e. The minimum atomic E-state index is 0.769. The van der Waals surface area contributed by atoms with E-state index in [1.54, 1.807) is 0 Å². The number of nitrogens with zero attached hydrogens (tertiary/aromatic N) is 5. The summed E-state index contributed by atoms with van der Waals surface area (Å²) < 4.78 is 13.6. The third kappa shape index (κ3) is 5.58. The number of benzene rings is 8. The number of aromatic nitrogens is 5. The smallest absolute Gasteiger partial charge is 0.169 e. The number of hydrogen-bond donors (Lipinski definition) is 0. The van der Waals surface area contributed by atoms with E-state index in [-0.39, 0.29) is 0 Å². The summed E-state index contributed by atoms with van der Waals surface area (Å²) in [5.41, 5.74) is 13.2. The topological polar surface area (TPSA) is 53.7 Å². The van der Waals surface area contributed by atoms with Crippen LogP contribution in [-0.2, 0) is 0 Å². The maximum atomic E-state index is 6.72. The van der Waals surface area contributed by atoms with Crippen molar-refractivity contribution in [3.05, 3.63) is 218 Å². The second-order valence-corrected chi connectivity index (χ2v) is 15.8. The average Bonchev–Trinajstić information content (AvgIpc) is 4.13. The molecule has 0 spiro atoms. The van der Waals surface area contributed by atoms with E-state index in [9.17, 15) is 0 Å². The molecule has 0 aliphatic heterocycles. The monoisotopic (exact) mass is 809 g/mol. The number of furan rings is 1. The van der Waals surface area contributed by atoms with Gasteiger partial charge in [0.2, 0.25) is 0 Å². The van der Waals surface area contributed by atoms with E-state index in [2.05, 4.69) is 197 Å². The number of rotatable bonds is 8. The highest BCUT2D eigenvalue weighted by atomic mass is 16.3. The summed E-state index contributed by atoms with van der Waals surface area (Å²) in [6.07, 6.45) is 6.41. The van der Waals surface area contributed by atoms with Crippen molar-refractivity contribution in [2.24, 2.45) is 0 Å². The molecule has 0 fully saturated rings. The van der Waals surface area contributed by atoms with Crippen LogP contribution in [0.15, 0.2) is 217 Å². The Kier molecular flexibility index (Phi) is 8.44. The largest absolute Gasteiger partial charge is 0.454 e. The molecule has 0 aliphatic rings. The molecule has 0 unspecified atom stereocenters. The highest BCUT2D eigenvalue weighted by Gasteiger charge is 2.24. The predicted molar refractivity (Wildman–Crippen MR) is 261 cm³/mol. The SMILES string of the molecule is C=C/C(=C\C(=C/C)c1ccccc1-n1c2ccccc2c2ccc3c4ccccc4oc3c21)n1c2ccccc2c2c(-c3nnc(-c4ccccc4)n3-c3ccccc3)cccc21. The van der Waals surface area contributed by atoms with Gasteiger partial charge in [0.1, 0.15) is 5.58 Å². The van der Waals surface area contributed by atoms with Gasteiger partial charge in [-0.15, -0.1) is 10.2 Å². The number of para-hydroxylation sites is 5. The first-order valence-electron chi connectivity index (χ1n) is 21.2. The molecule has 0 amide bonds. The van der Waals surface area contributed by atoms with Crippen LogP contribution in [0.5, 0.6) is 0 Å². The van der Waals surface area contributed by atoms with Crippen molar-refractivity contribution in [3.63, 3.8) is 0 Å². The van der Waals surface area contributed by atoms with Crippen molar-refractivity contribution in [2.45, 2.75) is 6.92 Å². The fourth-order valence-corrected chi connectivity index (χ4v) is 9.62. The molecular formula is C57H39N5O. The molecule has 8 aromatic carbocycles. The molecule has 4 heterocycles. The highest BCUT2D eigenvalue weighted by Crippen LogP contribution is 2.43. The zero-order chi connectivity index (χ0) is 42.0. The third-order valence-corrected chi connectivity index (χ3v) is 12.4. The second kappa shape index (κ2) is 14.6. The number of fused-ring (bicyclic) bond motifs is 10. The van der Waals surface area contributed by atoms with Crippen LogP contribution in [0, 0.1) is 0 Å². The minimum absolute atomic E-state index is 0.769. The van der Waals surface area contributed by atoms with Crippen molar-refractivity contribution in [2.75, 3.05) is 0 Å². The van der Waals surface area contributed by atoms with Gasteiger partial charge in [-0.2, -0.15) is 0 Å². The summed E-state index contributed by atoms with van der Waals surface area (Å²) in [7, 11) is 0. The second-order valence-electron chi connectivity index (χ2n) is 15.8. The van der Waals surface area contributed by atoms with Crippen LogP contribution < -0.4 is 0 Å². The lowest BCUT2D eigenvalue weighted by Crippen LogP contribution is -2.01. The molecule has 12 aromatic rings. The van der Waals surface area contributed by atoms with Gasteiger partial charge in [-0.1, -0.05) is 152 Å². The molecule has 63 heavy (non-hydrogen) atoms. The molecule has 4 aromatic heterocycles. The van der Waals surface area contributed by atoms with Crippen LogP contribution in [0.3, 0.4) is 0 Å². The van der Waals surface area contributed by atoms with Gasteiger partial charge in [-0.25, -0.2) is 0 Å². The van der Waals surface area contributed by atoms with Crippen LogP contribution in [0.4, 0.5) is 0 Å². The van der Waals surface area contributed by atoms with E-state index in [0.717, 1.165) is 111 Å². The number of hydrogen-bond acceptors (Lipinski definition) is 3. The first-order valence-corrected chi connectivity index (χ1v) is 21.2. The molecule has 12 rings (SSSR count). The van der Waals surface area contributed by atoms with Crippen molar-refractivity contribution < 1.29 is 4.42 Å². The molecule has 0 N–H and O–H groups in total. The maximum absolute atomic E-state index is 6.72. The fraction of sp³-hybridized carbons (Fsp3) is 0.0175. The zero-order valence-corrected chi connectivity index (χ0v) is 34.5. The minimum Gasteiger partial charge on any atom is -0.454 e. The highest BCUT2D eigenvalue weighted by molar-refractivity contribution is 6.22. The summed E-state index contributed by atoms with van der Waals surface area (Å²) in [6, 6.07) is 65.7. The Morgan fingerprint density at radius 3 is 2.00 bits per heavy atom. The van der Waals surface area contributed by atoms with Gasteiger partial charge in [0.15, 0.2) is 17.2 Å². The first-order chi connectivity index (χ1) is 31.2. The molecule has 298 valence electrons. The van der Waals surface area contributed by atoms with Gasteiger partial charge in [-0.3, -0.25) is 4.57 Å². The van der Waals surface area contributed by atoms with Crippen molar-refractivity contribution in [1.29, 1.82) is 0 Å². The Bertz CT molecular complexity index is 3820. The van der Waals surface area contributed by atoms with Crippen molar-refractivity contribution >= 4 is 76.8 Å². The third-order valence-electron chi connectivity index (χ3n) is 12.4. The van der Waals surface area contributed by atoms with Gasteiger partial charge in [-0.05, 0) is 73.2 Å². The van der Waals surface area contributed by atoms with Crippen LogP contribution in [0.25, 0.3) is 111 Å². The predicted octanol–water partition coefficient (Wildman–Crippen LogP) is 14.8. The summed E-state index contributed by atoms with van der Waals surface area (Å²) in [6.45, 7) is 6.54. The van der Waals surface area contributed by atoms with Gasteiger partial charge in [0.05, 0.1) is 27.8 Å². The van der Waals surface area contributed by atoms with E-state index < -0.39 is 0 Å². The lowest BCUT2D eigenvalue weighted by atomic mass is 10.0. The van der Waals surface area contributed by atoms with Crippen LogP contribution in [-0.4, -0.2) is 23.9 Å². The Morgan fingerprint density at radius 1 is 0.540 bits per heavy atom. The van der Waals surface area contributed by atoms with E-state index in [4.69, 9.17) is 14.6 Å². The molecule has 0 aliphatic carbocycles. The molecule has 0 bridgehead atoms. The average molecular weight is 810 g/mol. The van der Waals surface area contributed by atoms with Crippen LogP contribution in [0.2, 0.25) is 0 Å². The van der Waals surface area contributed by atoms with E-state index in [0.29, 0.717) is 0 Å². The quantitative estimate of drug-likeness (QED) is 0.144. The standard InChI is InChI=1S/C57H39N5O/c1-3-37(41-24-11-15-29-48(41)62-49-30-16-12-25-42(49)44-34-35-45-43-26-14-18-33-52(43)63-55(45)54(44)62)36-39(4-2)60-50-31-17-13-27-46(50)53-47(28-19-32-51(53)60)57-59-58-56(38-20-7-5-8-21-38)61(57)40-22-9-6-10-23-40/h3-36H,2H2,1H3/b37-3+,39-36+. The van der Waals surface area contributed by atoms with Gasteiger partial charge < -0.3 is 13.6 Å². The van der Waals surface area contributed by atoms with E-state index in [1.807, 2.05) is 36.4 Å². The Balaban J connectivity index is 1.07. The summed E-state index contributed by atoms with van der Waals surface area (Å²) >= 11 is 0. The van der Waals surface area contributed by atoms with E-state index in [1.165, 1.54) is 5.39 Å². The first kappa shape index (κ1) is 36.4. The molecule has 0 atom stereocenters. The Hall–Kier alpha value is -8.48. The number of allylic oxidation sites excluding steroid dienone is 5. The van der Waals surface area contributed by atoms with Crippen LogP contribution in [0.1, 0.15) is 12.5 Å². The van der Waals surface area contributed by atoms with Gasteiger partial charge >= 0.3 is 0 Å². The summed E-state index contributed by atoms with van der Waals surface area (Å²) in [5.74, 6) is 1.55. The lowest BCUT2D eigenvalue weighted by Gasteiger charge is -2.16. The molecular weight excluding hydrogens is 771 g/mol. The molecule has 6 heteroatoms. The Morgan fingerprint density at radius 2 is 1.19 bits per heavy atom.